The van der Waals surface area contributed by atoms with Crippen molar-refractivity contribution < 1.29 is 0 Å². The van der Waals surface area contributed by atoms with Crippen molar-refractivity contribution in [2.24, 2.45) is 12.5 Å². The van der Waals surface area contributed by atoms with Crippen LogP contribution < -0.4 is 5.32 Å². The van der Waals surface area contributed by atoms with Crippen LogP contribution in [-0.2, 0) is 13.6 Å². The Labute approximate surface area is 123 Å². The maximum Gasteiger partial charge on any atom is 0.0534 e. The summed E-state index contributed by atoms with van der Waals surface area (Å²) in [6.07, 6.45) is 6.65. The number of hydrogen-bond acceptors (Lipinski definition) is 3. The standard InChI is InChI=1S/C16H30N4/c1-6-7-14-9-17-15(16(2,3)4)12-20(14)11-13-8-18-19(5)10-13/h8,10,14-15,17H,6-7,9,11-12H2,1-5H3. The summed E-state index contributed by atoms with van der Waals surface area (Å²) in [4.78, 5) is 2.65. The molecule has 0 spiro atoms. The summed E-state index contributed by atoms with van der Waals surface area (Å²) in [5.41, 5.74) is 1.63. The van der Waals surface area contributed by atoms with Gasteiger partial charge in [-0.25, -0.2) is 0 Å². The second kappa shape index (κ2) is 6.27. The molecule has 0 aromatic carbocycles. The summed E-state index contributed by atoms with van der Waals surface area (Å²) < 4.78 is 1.90. The molecule has 20 heavy (non-hydrogen) atoms. The summed E-state index contributed by atoms with van der Waals surface area (Å²) in [6.45, 7) is 12.5. The van der Waals surface area contributed by atoms with Crippen molar-refractivity contribution in [3.8, 4) is 0 Å². The molecular weight excluding hydrogens is 248 g/mol. The molecule has 4 nitrogen and oxygen atoms in total. The number of rotatable bonds is 4. The number of hydrogen-bond donors (Lipinski definition) is 1. The minimum Gasteiger partial charge on any atom is -0.311 e. The lowest BCUT2D eigenvalue weighted by molar-refractivity contribution is 0.0748. The molecule has 0 saturated carbocycles. The van der Waals surface area contributed by atoms with Crippen molar-refractivity contribution in [2.45, 2.75) is 59.2 Å². The van der Waals surface area contributed by atoms with E-state index in [0.717, 1.165) is 19.6 Å². The number of nitrogens with one attached hydrogen (secondary N) is 1. The van der Waals surface area contributed by atoms with Gasteiger partial charge in [0.1, 0.15) is 0 Å². The van der Waals surface area contributed by atoms with E-state index in [2.05, 4.69) is 49.2 Å². The van der Waals surface area contributed by atoms with Gasteiger partial charge in [0.2, 0.25) is 0 Å². The minimum atomic E-state index is 0.310. The Morgan fingerprint density at radius 2 is 2.15 bits per heavy atom. The largest absolute Gasteiger partial charge is 0.311 e. The van der Waals surface area contributed by atoms with Gasteiger partial charge in [-0.3, -0.25) is 9.58 Å². The fourth-order valence-electron chi connectivity index (χ4n) is 3.04. The molecule has 0 bridgehead atoms. The minimum absolute atomic E-state index is 0.310. The fraction of sp³-hybridized carbons (Fsp3) is 0.812. The van der Waals surface area contributed by atoms with Crippen LogP contribution in [0, 0.1) is 5.41 Å². The molecule has 0 radical (unpaired) electrons. The molecule has 1 saturated heterocycles. The van der Waals surface area contributed by atoms with Crippen LogP contribution in [0.3, 0.4) is 0 Å². The second-order valence-corrected chi connectivity index (χ2v) is 7.22. The van der Waals surface area contributed by atoms with E-state index in [-0.39, 0.29) is 0 Å². The highest BCUT2D eigenvalue weighted by atomic mass is 15.3. The lowest BCUT2D eigenvalue weighted by Gasteiger charge is -2.45. The number of piperazine rings is 1. The second-order valence-electron chi connectivity index (χ2n) is 7.22. The van der Waals surface area contributed by atoms with E-state index in [0.29, 0.717) is 17.5 Å². The molecule has 0 amide bonds. The normalized spacial score (nSPS) is 25.1. The van der Waals surface area contributed by atoms with Crippen LogP contribution in [-0.4, -0.2) is 39.9 Å². The predicted octanol–water partition coefficient (Wildman–Crippen LogP) is 2.41. The Kier molecular flexibility index (Phi) is 4.86. The summed E-state index contributed by atoms with van der Waals surface area (Å²) in [6, 6.07) is 1.21. The molecule has 1 fully saturated rings. The Morgan fingerprint density at radius 3 is 2.70 bits per heavy atom. The first-order valence-corrected chi connectivity index (χ1v) is 7.85. The number of nitrogens with zero attached hydrogens (tertiary/aromatic N) is 3. The van der Waals surface area contributed by atoms with Crippen molar-refractivity contribution >= 4 is 0 Å². The van der Waals surface area contributed by atoms with Crippen LogP contribution in [0.2, 0.25) is 0 Å². The van der Waals surface area contributed by atoms with Gasteiger partial charge in [0.25, 0.3) is 0 Å². The van der Waals surface area contributed by atoms with E-state index in [9.17, 15) is 0 Å². The molecule has 0 aliphatic carbocycles. The van der Waals surface area contributed by atoms with Gasteiger partial charge in [-0.15, -0.1) is 0 Å². The maximum atomic E-state index is 4.30. The van der Waals surface area contributed by atoms with E-state index >= 15 is 0 Å². The zero-order valence-corrected chi connectivity index (χ0v) is 13.7. The Balaban J connectivity index is 2.06. The van der Waals surface area contributed by atoms with Crippen molar-refractivity contribution in [1.82, 2.24) is 20.0 Å². The summed E-state index contributed by atoms with van der Waals surface area (Å²) in [5.74, 6) is 0. The monoisotopic (exact) mass is 278 g/mol. The predicted molar refractivity (Wildman–Crippen MR) is 83.6 cm³/mol. The van der Waals surface area contributed by atoms with Gasteiger partial charge in [-0.05, 0) is 11.8 Å². The Hall–Kier alpha value is -0.870. The van der Waals surface area contributed by atoms with E-state index in [1.807, 2.05) is 17.9 Å². The van der Waals surface area contributed by atoms with Gasteiger partial charge >= 0.3 is 0 Å². The molecule has 4 heteroatoms. The van der Waals surface area contributed by atoms with E-state index in [1.54, 1.807) is 0 Å². The highest BCUT2D eigenvalue weighted by Gasteiger charge is 2.33. The van der Waals surface area contributed by atoms with Crippen LogP contribution in [0.15, 0.2) is 12.4 Å². The number of aromatic nitrogens is 2. The average molecular weight is 278 g/mol. The molecule has 2 rings (SSSR count). The molecule has 114 valence electrons. The topological polar surface area (TPSA) is 33.1 Å². The van der Waals surface area contributed by atoms with Crippen LogP contribution in [0.1, 0.15) is 46.1 Å². The van der Waals surface area contributed by atoms with E-state index in [1.165, 1.54) is 18.4 Å². The first-order chi connectivity index (χ1) is 9.40. The molecular formula is C16H30N4. The van der Waals surface area contributed by atoms with E-state index < -0.39 is 0 Å². The lowest BCUT2D eigenvalue weighted by atomic mass is 9.84. The smallest absolute Gasteiger partial charge is 0.0534 e. The van der Waals surface area contributed by atoms with Gasteiger partial charge in [0.05, 0.1) is 6.20 Å². The number of aryl methyl sites for hydroxylation is 1. The molecule has 1 N–H and O–H groups in total. The molecule has 2 unspecified atom stereocenters. The highest BCUT2D eigenvalue weighted by Crippen LogP contribution is 2.25. The molecule has 1 aliphatic rings. The van der Waals surface area contributed by atoms with Gasteiger partial charge < -0.3 is 5.32 Å². The molecule has 1 aromatic rings. The third-order valence-corrected chi connectivity index (χ3v) is 4.34. The van der Waals surface area contributed by atoms with Gasteiger partial charge in [0, 0.05) is 50.5 Å². The van der Waals surface area contributed by atoms with Crippen LogP contribution in [0.25, 0.3) is 0 Å². The van der Waals surface area contributed by atoms with Crippen molar-refractivity contribution in [3.63, 3.8) is 0 Å². The van der Waals surface area contributed by atoms with E-state index in [4.69, 9.17) is 0 Å². The molecule has 2 atom stereocenters. The maximum absolute atomic E-state index is 4.30. The molecule has 2 heterocycles. The van der Waals surface area contributed by atoms with Crippen LogP contribution >= 0.6 is 0 Å². The molecule has 1 aromatic heterocycles. The highest BCUT2D eigenvalue weighted by molar-refractivity contribution is 5.05. The quantitative estimate of drug-likeness (QED) is 0.918. The SMILES string of the molecule is CCCC1CNC(C(C)(C)C)CN1Cc1cnn(C)c1. The zero-order valence-electron chi connectivity index (χ0n) is 13.7. The van der Waals surface area contributed by atoms with Gasteiger partial charge in [0.15, 0.2) is 0 Å². The average Bonchev–Trinajstić information content (AvgIpc) is 2.76. The van der Waals surface area contributed by atoms with Crippen LogP contribution in [0.4, 0.5) is 0 Å². The lowest BCUT2D eigenvalue weighted by Crippen LogP contribution is -2.59. The Bertz CT molecular complexity index is 418. The summed E-state index contributed by atoms with van der Waals surface area (Å²) >= 11 is 0. The molecule has 1 aliphatic heterocycles. The first-order valence-electron chi connectivity index (χ1n) is 7.85. The van der Waals surface area contributed by atoms with Crippen LogP contribution in [0.5, 0.6) is 0 Å². The van der Waals surface area contributed by atoms with Gasteiger partial charge in [-0.2, -0.15) is 5.10 Å². The van der Waals surface area contributed by atoms with Gasteiger partial charge in [-0.1, -0.05) is 34.1 Å². The third kappa shape index (κ3) is 3.83. The summed E-state index contributed by atoms with van der Waals surface area (Å²) in [7, 11) is 1.99. The third-order valence-electron chi connectivity index (χ3n) is 4.34. The first kappa shape index (κ1) is 15.5. The summed E-state index contributed by atoms with van der Waals surface area (Å²) in [5, 5.41) is 8.05. The Morgan fingerprint density at radius 1 is 1.40 bits per heavy atom. The van der Waals surface area contributed by atoms with Crippen molar-refractivity contribution in [3.05, 3.63) is 18.0 Å². The fourth-order valence-corrected chi connectivity index (χ4v) is 3.04. The van der Waals surface area contributed by atoms with Crippen molar-refractivity contribution in [1.29, 1.82) is 0 Å². The van der Waals surface area contributed by atoms with Crippen molar-refractivity contribution in [2.75, 3.05) is 13.1 Å². The zero-order chi connectivity index (χ0) is 14.8.